The lowest BCUT2D eigenvalue weighted by Crippen LogP contribution is -2.61. The van der Waals surface area contributed by atoms with E-state index in [1.165, 1.54) is 90.5 Å². The van der Waals surface area contributed by atoms with E-state index in [0.717, 1.165) is 0 Å². The van der Waals surface area contributed by atoms with Gasteiger partial charge in [-0.1, -0.05) is 147 Å². The van der Waals surface area contributed by atoms with Gasteiger partial charge in [0, 0.05) is 38.1 Å². The molecule has 2 aliphatic heterocycles. The molecule has 3 aliphatic rings. The number of fused-ring (bicyclic) bond motifs is 6. The van der Waals surface area contributed by atoms with Gasteiger partial charge in [-0.25, -0.2) is 0 Å². The van der Waals surface area contributed by atoms with E-state index >= 15 is 0 Å². The van der Waals surface area contributed by atoms with Crippen molar-refractivity contribution in [1.29, 1.82) is 0 Å². The van der Waals surface area contributed by atoms with Crippen molar-refractivity contribution in [2.45, 2.75) is 163 Å². The summed E-state index contributed by atoms with van der Waals surface area (Å²) in [5.74, 6) is 0. The van der Waals surface area contributed by atoms with Gasteiger partial charge in [0.25, 0.3) is 6.71 Å². The van der Waals surface area contributed by atoms with E-state index < -0.39 is 0 Å². The topological polar surface area (TPSA) is 6.48 Å². The third kappa shape index (κ3) is 6.43. The summed E-state index contributed by atoms with van der Waals surface area (Å²) in [5, 5.41) is 0. The van der Waals surface area contributed by atoms with Gasteiger partial charge >= 0.3 is 0 Å². The Labute approximate surface area is 350 Å². The van der Waals surface area contributed by atoms with E-state index in [1.807, 2.05) is 0 Å². The second kappa shape index (κ2) is 12.6. The van der Waals surface area contributed by atoms with Crippen molar-refractivity contribution in [3.63, 3.8) is 0 Å². The standard InChI is InChI=1S/C53H67BN2S/c1-32-28-34(49(5,6)7)20-24-39(32)56-42-31-36(51(11,12)13)30-41-44(42)54(47-45(56)43-46(57-47)53(16,17)27-26-52(43,14)15)38-29-35(50(8,9)10)21-25-40(38)55(41)37-22-18-33(19-23-37)48(2,3)4/h18-25,28-31H,26-27H2,1-17H3. The van der Waals surface area contributed by atoms with Crippen molar-refractivity contribution in [3.8, 4) is 0 Å². The van der Waals surface area contributed by atoms with Crippen LogP contribution in [0, 0.1) is 6.92 Å². The van der Waals surface area contributed by atoms with Crippen LogP contribution in [0.15, 0.2) is 72.8 Å². The summed E-state index contributed by atoms with van der Waals surface area (Å²) in [6, 6.07) is 29.3. The maximum atomic E-state index is 2.75. The highest BCUT2D eigenvalue weighted by molar-refractivity contribution is 7.29. The number of thiophene rings is 1. The van der Waals surface area contributed by atoms with Crippen LogP contribution < -0.4 is 25.5 Å². The Hall–Kier alpha value is -3.76. The summed E-state index contributed by atoms with van der Waals surface area (Å²) >= 11 is 2.13. The average molecular weight is 775 g/mol. The number of benzene rings is 4. The molecule has 0 bridgehead atoms. The van der Waals surface area contributed by atoms with Crippen LogP contribution >= 0.6 is 11.3 Å². The molecule has 0 saturated carbocycles. The van der Waals surface area contributed by atoms with Gasteiger partial charge in [-0.15, -0.1) is 0 Å². The fraction of sp³-hybridized carbons (Fsp3) is 0.472. The van der Waals surface area contributed by atoms with Crippen LogP contribution in [0.2, 0.25) is 0 Å². The molecule has 2 nitrogen and oxygen atoms in total. The molecule has 298 valence electrons. The Morgan fingerprint density at radius 2 is 1.02 bits per heavy atom. The van der Waals surface area contributed by atoms with Gasteiger partial charge in [-0.05, 0) is 133 Å². The second-order valence-electron chi connectivity index (χ2n) is 23.1. The second-order valence-corrected chi connectivity index (χ2v) is 24.2. The first-order valence-corrected chi connectivity index (χ1v) is 22.3. The van der Waals surface area contributed by atoms with Crippen LogP contribution in [-0.2, 0) is 32.5 Å². The maximum absolute atomic E-state index is 2.75. The minimum absolute atomic E-state index is 0.0154. The normalized spacial score (nSPS) is 17.2. The molecule has 0 N–H and O–H groups in total. The van der Waals surface area contributed by atoms with Crippen LogP contribution in [0.4, 0.5) is 34.1 Å². The van der Waals surface area contributed by atoms with Crippen molar-refractivity contribution in [2.75, 3.05) is 9.80 Å². The lowest BCUT2D eigenvalue weighted by molar-refractivity contribution is 0.339. The highest BCUT2D eigenvalue weighted by Gasteiger charge is 2.51. The summed E-state index contributed by atoms with van der Waals surface area (Å²) in [6.07, 6.45) is 2.38. The molecule has 4 aromatic carbocycles. The molecule has 0 amide bonds. The zero-order valence-electron chi connectivity index (χ0n) is 38.2. The minimum Gasteiger partial charge on any atom is -0.311 e. The molecule has 1 aromatic heterocycles. The predicted octanol–water partition coefficient (Wildman–Crippen LogP) is 13.7. The van der Waals surface area contributed by atoms with Crippen molar-refractivity contribution in [3.05, 3.63) is 111 Å². The Kier molecular flexibility index (Phi) is 8.87. The summed E-state index contributed by atoms with van der Waals surface area (Å²) in [7, 11) is 0. The van der Waals surface area contributed by atoms with E-state index in [0.29, 0.717) is 0 Å². The molecule has 0 radical (unpaired) electrons. The highest BCUT2D eigenvalue weighted by Crippen LogP contribution is 2.57. The molecule has 0 fully saturated rings. The van der Waals surface area contributed by atoms with Crippen molar-refractivity contribution in [2.24, 2.45) is 0 Å². The van der Waals surface area contributed by atoms with Crippen molar-refractivity contribution < 1.29 is 0 Å². The quantitative estimate of drug-likeness (QED) is 0.161. The van der Waals surface area contributed by atoms with E-state index in [9.17, 15) is 0 Å². The first-order valence-electron chi connectivity index (χ1n) is 21.5. The number of hydrogen-bond donors (Lipinski definition) is 0. The Morgan fingerprint density at radius 1 is 0.526 bits per heavy atom. The molecule has 0 spiro atoms. The number of nitrogens with zero attached hydrogens (tertiary/aromatic N) is 2. The lowest BCUT2D eigenvalue weighted by atomic mass is 9.35. The van der Waals surface area contributed by atoms with E-state index in [4.69, 9.17) is 0 Å². The molecule has 4 heteroatoms. The SMILES string of the molecule is Cc1cc(C(C)(C)C)ccc1N1c2cc(C(C)(C)C)cc3c2B(c2cc(C(C)(C)C)ccc2N3c2ccc(C(C)(C)C)cc2)c2sc3c(c21)C(C)(C)CCC3(C)C. The van der Waals surface area contributed by atoms with Crippen molar-refractivity contribution in [1.82, 2.24) is 0 Å². The molecule has 5 aromatic rings. The van der Waals surface area contributed by atoms with Crippen LogP contribution in [0.1, 0.15) is 162 Å². The molecule has 1 aliphatic carbocycles. The monoisotopic (exact) mass is 775 g/mol. The Balaban J connectivity index is 1.55. The van der Waals surface area contributed by atoms with Crippen molar-refractivity contribution >= 4 is 67.9 Å². The predicted molar refractivity (Wildman–Crippen MR) is 253 cm³/mol. The van der Waals surface area contributed by atoms with Gasteiger partial charge in [0.15, 0.2) is 0 Å². The van der Waals surface area contributed by atoms with Gasteiger partial charge in [0.1, 0.15) is 0 Å². The molecule has 0 unspecified atom stereocenters. The fourth-order valence-electron chi connectivity index (χ4n) is 9.69. The van der Waals surface area contributed by atoms with Gasteiger partial charge in [0.2, 0.25) is 0 Å². The molecular formula is C53H67BN2S. The third-order valence-corrected chi connectivity index (χ3v) is 15.2. The molecular weight excluding hydrogens is 707 g/mol. The smallest absolute Gasteiger partial charge is 0.264 e. The van der Waals surface area contributed by atoms with E-state index in [2.05, 4.69) is 212 Å². The van der Waals surface area contributed by atoms with Gasteiger partial charge < -0.3 is 9.80 Å². The molecule has 3 heterocycles. The molecule has 0 atom stereocenters. The Morgan fingerprint density at radius 3 is 1.56 bits per heavy atom. The summed E-state index contributed by atoms with van der Waals surface area (Å²) in [6.45, 7) is 40.7. The number of rotatable bonds is 2. The van der Waals surface area contributed by atoms with Crippen LogP contribution in [0.5, 0.6) is 0 Å². The average Bonchev–Trinajstić information content (AvgIpc) is 3.52. The molecule has 57 heavy (non-hydrogen) atoms. The van der Waals surface area contributed by atoms with Gasteiger partial charge in [-0.3, -0.25) is 0 Å². The zero-order chi connectivity index (χ0) is 41.6. The zero-order valence-corrected chi connectivity index (χ0v) is 39.0. The van der Waals surface area contributed by atoms with Gasteiger partial charge in [-0.2, -0.15) is 11.3 Å². The third-order valence-electron chi connectivity index (χ3n) is 13.6. The summed E-state index contributed by atoms with van der Waals surface area (Å²) < 4.78 is 1.51. The largest absolute Gasteiger partial charge is 0.311 e. The first-order chi connectivity index (χ1) is 26.2. The lowest BCUT2D eigenvalue weighted by Gasteiger charge is -2.46. The number of hydrogen-bond acceptors (Lipinski definition) is 3. The minimum atomic E-state index is -0.0639. The molecule has 0 saturated heterocycles. The summed E-state index contributed by atoms with van der Waals surface area (Å²) in [4.78, 5) is 6.94. The first kappa shape index (κ1) is 40.0. The Bertz CT molecular complexity index is 2410. The van der Waals surface area contributed by atoms with Crippen LogP contribution in [0.25, 0.3) is 0 Å². The van der Waals surface area contributed by atoms with E-state index in [-0.39, 0.29) is 39.2 Å². The maximum Gasteiger partial charge on any atom is 0.264 e. The van der Waals surface area contributed by atoms with Crippen LogP contribution in [-0.4, -0.2) is 6.71 Å². The summed E-state index contributed by atoms with van der Waals surface area (Å²) in [5.41, 5.74) is 19.4. The van der Waals surface area contributed by atoms with Crippen LogP contribution in [0.3, 0.4) is 0 Å². The number of aryl methyl sites for hydroxylation is 1. The highest BCUT2D eigenvalue weighted by atomic mass is 32.1. The molecule has 8 rings (SSSR count). The van der Waals surface area contributed by atoms with E-state index in [1.54, 1.807) is 10.4 Å². The number of anilines is 6. The fourth-order valence-corrected chi connectivity index (χ4v) is 11.4. The van der Waals surface area contributed by atoms with Gasteiger partial charge in [0.05, 0.1) is 5.69 Å².